The molecule has 2 N–H and O–H groups in total. The highest BCUT2D eigenvalue weighted by molar-refractivity contribution is 14.0. The van der Waals surface area contributed by atoms with Crippen molar-refractivity contribution in [1.82, 2.24) is 14.9 Å². The maximum atomic E-state index is 12.7. The first-order valence-corrected chi connectivity index (χ1v) is 12.4. The Balaban J connectivity index is 0.00000289. The predicted molar refractivity (Wildman–Crippen MR) is 140 cm³/mol. The fraction of sp³-hybridized carbons (Fsp3) is 0.435. The zero-order valence-corrected chi connectivity index (χ0v) is 21.6. The zero-order valence-electron chi connectivity index (χ0n) is 18.4. The van der Waals surface area contributed by atoms with E-state index in [-0.39, 0.29) is 24.0 Å². The van der Waals surface area contributed by atoms with E-state index >= 15 is 0 Å². The number of rotatable bonds is 6. The summed E-state index contributed by atoms with van der Waals surface area (Å²) in [5.41, 5.74) is 2.26. The number of benzene rings is 2. The van der Waals surface area contributed by atoms with Crippen LogP contribution in [0.5, 0.6) is 0 Å². The van der Waals surface area contributed by atoms with Crippen LogP contribution in [0.3, 0.4) is 0 Å². The molecular formula is C23H32IN5O2S. The molecule has 2 aromatic rings. The van der Waals surface area contributed by atoms with Gasteiger partial charge in [0.2, 0.25) is 10.0 Å². The summed E-state index contributed by atoms with van der Waals surface area (Å²) in [6.45, 7) is 3.78. The number of anilines is 1. The summed E-state index contributed by atoms with van der Waals surface area (Å²) in [6, 6.07) is 17.9. The fourth-order valence-corrected chi connectivity index (χ4v) is 5.70. The molecule has 32 heavy (non-hydrogen) atoms. The van der Waals surface area contributed by atoms with Gasteiger partial charge in [-0.1, -0.05) is 30.3 Å². The molecule has 2 aromatic carbocycles. The van der Waals surface area contributed by atoms with Crippen molar-refractivity contribution in [2.45, 2.75) is 36.7 Å². The summed E-state index contributed by atoms with van der Waals surface area (Å²) in [6.07, 6.45) is 2.94. The molecule has 2 aliphatic rings. The molecule has 0 amide bonds. The van der Waals surface area contributed by atoms with Gasteiger partial charge in [-0.05, 0) is 49.1 Å². The van der Waals surface area contributed by atoms with E-state index in [9.17, 15) is 8.42 Å². The van der Waals surface area contributed by atoms with Crippen molar-refractivity contribution in [1.29, 1.82) is 0 Å². The molecular weight excluding hydrogens is 537 g/mol. The highest BCUT2D eigenvalue weighted by Gasteiger charge is 2.27. The molecule has 9 heteroatoms. The fourth-order valence-electron chi connectivity index (χ4n) is 4.18. The first-order valence-electron chi connectivity index (χ1n) is 10.9. The number of para-hydroxylation sites is 1. The standard InChI is InChI=1S/C23H31N5O2S.HI/c1-24-23(26-20-13-16-27(18-20)21-7-3-2-4-8-21)25-17-19-9-11-22(12-10-19)31(29,30)28-14-5-6-15-28;/h2-4,7-12,20H,5-6,13-18H2,1H3,(H2,24,25,26);1H. The van der Waals surface area contributed by atoms with E-state index in [4.69, 9.17) is 0 Å². The van der Waals surface area contributed by atoms with Crippen LogP contribution in [0.15, 0.2) is 64.5 Å². The summed E-state index contributed by atoms with van der Waals surface area (Å²) in [7, 11) is -1.59. The number of nitrogens with zero attached hydrogens (tertiary/aromatic N) is 3. The van der Waals surface area contributed by atoms with Crippen LogP contribution in [0.25, 0.3) is 0 Å². The van der Waals surface area contributed by atoms with Crippen LogP contribution in [-0.4, -0.2) is 58.0 Å². The Morgan fingerprint density at radius 3 is 2.38 bits per heavy atom. The van der Waals surface area contributed by atoms with Crippen molar-refractivity contribution < 1.29 is 8.42 Å². The summed E-state index contributed by atoms with van der Waals surface area (Å²) in [5.74, 6) is 0.758. The third kappa shape index (κ3) is 5.93. The second kappa shape index (κ2) is 11.3. The molecule has 0 aliphatic carbocycles. The van der Waals surface area contributed by atoms with Crippen LogP contribution < -0.4 is 15.5 Å². The van der Waals surface area contributed by atoms with Crippen molar-refractivity contribution in [3.05, 3.63) is 60.2 Å². The summed E-state index contributed by atoms with van der Waals surface area (Å²) in [4.78, 5) is 7.09. The average Bonchev–Trinajstić information content (AvgIpc) is 3.50. The first-order chi connectivity index (χ1) is 15.1. The number of guanidine groups is 1. The maximum absolute atomic E-state index is 12.7. The molecule has 2 fully saturated rings. The van der Waals surface area contributed by atoms with Gasteiger partial charge in [0.1, 0.15) is 0 Å². The number of hydrogen-bond donors (Lipinski definition) is 2. The van der Waals surface area contributed by atoms with Crippen molar-refractivity contribution in [3.63, 3.8) is 0 Å². The Bertz CT molecular complexity index is 993. The van der Waals surface area contributed by atoms with Crippen LogP contribution >= 0.6 is 24.0 Å². The number of aliphatic imine (C=N–C) groups is 1. The quantitative estimate of drug-likeness (QED) is 0.318. The number of halogens is 1. The third-order valence-corrected chi connectivity index (χ3v) is 7.87. The second-order valence-electron chi connectivity index (χ2n) is 8.09. The largest absolute Gasteiger partial charge is 0.369 e. The van der Waals surface area contributed by atoms with Crippen LogP contribution in [0.2, 0.25) is 0 Å². The minimum absolute atomic E-state index is 0. The molecule has 0 radical (unpaired) electrons. The lowest BCUT2D eigenvalue weighted by molar-refractivity contribution is 0.477. The minimum atomic E-state index is -3.36. The Morgan fingerprint density at radius 2 is 1.72 bits per heavy atom. The van der Waals surface area contributed by atoms with E-state index in [0.717, 1.165) is 43.9 Å². The first kappa shape index (κ1) is 24.8. The van der Waals surface area contributed by atoms with Gasteiger partial charge in [-0.25, -0.2) is 8.42 Å². The molecule has 0 saturated carbocycles. The molecule has 1 unspecified atom stereocenters. The molecule has 2 heterocycles. The molecule has 7 nitrogen and oxygen atoms in total. The molecule has 0 spiro atoms. The van der Waals surface area contributed by atoms with E-state index in [1.807, 2.05) is 18.2 Å². The van der Waals surface area contributed by atoms with Gasteiger partial charge in [0, 0.05) is 51.5 Å². The van der Waals surface area contributed by atoms with Gasteiger partial charge in [-0.2, -0.15) is 4.31 Å². The van der Waals surface area contributed by atoms with Gasteiger partial charge in [0.05, 0.1) is 4.90 Å². The average molecular weight is 570 g/mol. The van der Waals surface area contributed by atoms with Crippen molar-refractivity contribution in [3.8, 4) is 0 Å². The number of hydrogen-bond acceptors (Lipinski definition) is 4. The third-order valence-electron chi connectivity index (χ3n) is 5.96. The molecule has 0 bridgehead atoms. The molecule has 4 rings (SSSR count). The summed E-state index contributed by atoms with van der Waals surface area (Å²) >= 11 is 0. The molecule has 2 saturated heterocycles. The van der Waals surface area contributed by atoms with E-state index in [1.54, 1.807) is 23.5 Å². The highest BCUT2D eigenvalue weighted by atomic mass is 127. The van der Waals surface area contributed by atoms with Gasteiger partial charge in [-0.3, -0.25) is 4.99 Å². The van der Waals surface area contributed by atoms with Gasteiger partial charge >= 0.3 is 0 Å². The summed E-state index contributed by atoms with van der Waals surface area (Å²) in [5, 5.41) is 6.84. The van der Waals surface area contributed by atoms with E-state index in [1.165, 1.54) is 5.69 Å². The molecule has 2 aliphatic heterocycles. The van der Waals surface area contributed by atoms with E-state index in [0.29, 0.717) is 30.6 Å². The lowest BCUT2D eigenvalue weighted by Gasteiger charge is -2.20. The number of nitrogens with one attached hydrogen (secondary N) is 2. The smallest absolute Gasteiger partial charge is 0.243 e. The normalized spacial score (nSPS) is 19.6. The Hall–Kier alpha value is -1.85. The lowest BCUT2D eigenvalue weighted by atomic mass is 10.2. The second-order valence-corrected chi connectivity index (χ2v) is 10.0. The van der Waals surface area contributed by atoms with E-state index in [2.05, 4.69) is 44.8 Å². The van der Waals surface area contributed by atoms with Crippen LogP contribution in [0.4, 0.5) is 5.69 Å². The molecule has 1 atom stereocenters. The van der Waals surface area contributed by atoms with Crippen molar-refractivity contribution in [2.24, 2.45) is 4.99 Å². The van der Waals surface area contributed by atoms with Gasteiger partial charge < -0.3 is 15.5 Å². The van der Waals surface area contributed by atoms with Gasteiger partial charge in [-0.15, -0.1) is 24.0 Å². The van der Waals surface area contributed by atoms with Gasteiger partial charge in [0.15, 0.2) is 5.96 Å². The summed E-state index contributed by atoms with van der Waals surface area (Å²) < 4.78 is 26.9. The zero-order chi connectivity index (χ0) is 21.7. The monoisotopic (exact) mass is 569 g/mol. The SMILES string of the molecule is CN=C(NCc1ccc(S(=O)(=O)N2CCCC2)cc1)NC1CCN(c2ccccc2)C1.I. The highest BCUT2D eigenvalue weighted by Crippen LogP contribution is 2.21. The Labute approximate surface area is 208 Å². The van der Waals surface area contributed by atoms with Crippen LogP contribution in [-0.2, 0) is 16.6 Å². The maximum Gasteiger partial charge on any atom is 0.243 e. The van der Waals surface area contributed by atoms with Gasteiger partial charge in [0.25, 0.3) is 0 Å². The Kier molecular flexibility index (Phi) is 8.78. The van der Waals surface area contributed by atoms with E-state index < -0.39 is 10.0 Å². The lowest BCUT2D eigenvalue weighted by Crippen LogP contribution is -2.44. The number of sulfonamides is 1. The molecule has 0 aromatic heterocycles. The topological polar surface area (TPSA) is 77.0 Å². The predicted octanol–water partition coefficient (Wildman–Crippen LogP) is 3.03. The van der Waals surface area contributed by atoms with Crippen LogP contribution in [0.1, 0.15) is 24.8 Å². The Morgan fingerprint density at radius 1 is 1.03 bits per heavy atom. The van der Waals surface area contributed by atoms with Crippen LogP contribution in [0, 0.1) is 0 Å². The van der Waals surface area contributed by atoms with Crippen molar-refractivity contribution in [2.75, 3.05) is 38.1 Å². The van der Waals surface area contributed by atoms with Crippen molar-refractivity contribution >= 4 is 45.6 Å². The minimum Gasteiger partial charge on any atom is -0.369 e. The molecule has 174 valence electrons.